The second kappa shape index (κ2) is 6.96. The fourth-order valence-electron chi connectivity index (χ4n) is 1.16. The molecule has 94 valence electrons. The Morgan fingerprint density at radius 3 is 1.94 bits per heavy atom. The quantitative estimate of drug-likeness (QED) is 0.797. The highest BCUT2D eigenvalue weighted by Crippen LogP contribution is 2.21. The molecule has 2 aromatic carbocycles. The summed E-state index contributed by atoms with van der Waals surface area (Å²) in [6.45, 7) is 1.08. The lowest BCUT2D eigenvalue weighted by molar-refractivity contribution is -0.134. The van der Waals surface area contributed by atoms with Gasteiger partial charge in [-0.3, -0.25) is 4.79 Å². The van der Waals surface area contributed by atoms with Crippen molar-refractivity contribution >= 4 is 11.7 Å². The van der Waals surface area contributed by atoms with Gasteiger partial charge in [0.1, 0.15) is 11.5 Å². The Bertz CT molecular complexity index is 476. The lowest BCUT2D eigenvalue weighted by Gasteiger charge is -2.04. The van der Waals surface area contributed by atoms with Crippen LogP contribution in [0.25, 0.3) is 0 Å². The normalized spacial score (nSPS) is 8.94. The lowest BCUT2D eigenvalue weighted by Crippen LogP contribution is -1.85. The van der Waals surface area contributed by atoms with Crippen LogP contribution in [0.4, 0.5) is 5.69 Å². The first kappa shape index (κ1) is 13.6. The number of para-hydroxylation sites is 1. The number of carboxylic acid groups (broad SMARTS) is 1. The first-order valence-electron chi connectivity index (χ1n) is 5.36. The number of carboxylic acids is 1. The van der Waals surface area contributed by atoms with Gasteiger partial charge in [-0.1, -0.05) is 18.2 Å². The number of nitrogen functional groups attached to an aromatic ring is 1. The molecule has 18 heavy (non-hydrogen) atoms. The minimum atomic E-state index is -0.833. The molecule has 0 saturated heterocycles. The first-order valence-corrected chi connectivity index (χ1v) is 5.36. The zero-order chi connectivity index (χ0) is 13.4. The molecule has 4 heteroatoms. The van der Waals surface area contributed by atoms with Gasteiger partial charge in [0, 0.05) is 12.6 Å². The molecule has 0 saturated carbocycles. The van der Waals surface area contributed by atoms with Crippen LogP contribution in [0.3, 0.4) is 0 Å². The molecule has 0 amide bonds. The number of nitrogens with two attached hydrogens (primary N) is 1. The fourth-order valence-corrected chi connectivity index (χ4v) is 1.16. The topological polar surface area (TPSA) is 72.5 Å². The average Bonchev–Trinajstić information content (AvgIpc) is 2.33. The van der Waals surface area contributed by atoms with Crippen LogP contribution in [0.1, 0.15) is 6.92 Å². The van der Waals surface area contributed by atoms with Crippen molar-refractivity contribution in [1.29, 1.82) is 0 Å². The van der Waals surface area contributed by atoms with E-state index in [-0.39, 0.29) is 0 Å². The van der Waals surface area contributed by atoms with E-state index in [1.807, 2.05) is 54.6 Å². The predicted molar refractivity (Wildman–Crippen MR) is 70.7 cm³/mol. The number of rotatable bonds is 2. The summed E-state index contributed by atoms with van der Waals surface area (Å²) < 4.78 is 5.58. The second-order valence-corrected chi connectivity index (χ2v) is 3.50. The number of hydrogen-bond donors (Lipinski definition) is 2. The Morgan fingerprint density at radius 1 is 1.00 bits per heavy atom. The Hall–Kier alpha value is -2.49. The maximum absolute atomic E-state index is 9.00. The van der Waals surface area contributed by atoms with Crippen molar-refractivity contribution in [3.05, 3.63) is 54.6 Å². The van der Waals surface area contributed by atoms with Gasteiger partial charge >= 0.3 is 0 Å². The van der Waals surface area contributed by atoms with E-state index in [0.717, 1.165) is 24.1 Å². The molecule has 0 aliphatic heterocycles. The summed E-state index contributed by atoms with van der Waals surface area (Å²) in [4.78, 5) is 9.00. The van der Waals surface area contributed by atoms with Gasteiger partial charge in [-0.05, 0) is 36.4 Å². The summed E-state index contributed by atoms with van der Waals surface area (Å²) >= 11 is 0. The molecular weight excluding hydrogens is 230 g/mol. The van der Waals surface area contributed by atoms with Gasteiger partial charge in [-0.2, -0.15) is 0 Å². The second-order valence-electron chi connectivity index (χ2n) is 3.50. The van der Waals surface area contributed by atoms with Crippen LogP contribution in [-0.4, -0.2) is 11.1 Å². The number of aliphatic carboxylic acids is 1. The molecule has 0 atom stereocenters. The third-order valence-electron chi connectivity index (χ3n) is 1.86. The molecule has 4 nitrogen and oxygen atoms in total. The minimum Gasteiger partial charge on any atom is -0.481 e. The van der Waals surface area contributed by atoms with E-state index in [4.69, 9.17) is 20.4 Å². The van der Waals surface area contributed by atoms with E-state index in [1.54, 1.807) is 0 Å². The summed E-state index contributed by atoms with van der Waals surface area (Å²) in [6, 6.07) is 17.0. The van der Waals surface area contributed by atoms with Crippen LogP contribution >= 0.6 is 0 Å². The van der Waals surface area contributed by atoms with Gasteiger partial charge < -0.3 is 15.6 Å². The van der Waals surface area contributed by atoms with Crippen molar-refractivity contribution in [1.82, 2.24) is 0 Å². The molecule has 0 aliphatic carbocycles. The van der Waals surface area contributed by atoms with Crippen LogP contribution in [0.5, 0.6) is 11.5 Å². The third kappa shape index (κ3) is 5.55. The largest absolute Gasteiger partial charge is 0.481 e. The van der Waals surface area contributed by atoms with Crippen LogP contribution in [-0.2, 0) is 4.79 Å². The highest BCUT2D eigenvalue weighted by molar-refractivity contribution is 5.62. The third-order valence-corrected chi connectivity index (χ3v) is 1.86. The predicted octanol–water partition coefficient (Wildman–Crippen LogP) is 3.15. The van der Waals surface area contributed by atoms with Crippen LogP contribution in [0.15, 0.2) is 54.6 Å². The molecule has 2 aromatic rings. The van der Waals surface area contributed by atoms with E-state index in [9.17, 15) is 0 Å². The van der Waals surface area contributed by atoms with Gasteiger partial charge in [-0.25, -0.2) is 0 Å². The number of anilines is 1. The van der Waals surface area contributed by atoms with E-state index >= 15 is 0 Å². The summed E-state index contributed by atoms with van der Waals surface area (Å²) in [5.74, 6) is 0.794. The zero-order valence-electron chi connectivity index (χ0n) is 10.0. The molecule has 0 bridgehead atoms. The monoisotopic (exact) mass is 245 g/mol. The Labute approximate surface area is 106 Å². The van der Waals surface area contributed by atoms with Gasteiger partial charge in [0.15, 0.2) is 0 Å². The van der Waals surface area contributed by atoms with E-state index in [1.165, 1.54) is 0 Å². The summed E-state index contributed by atoms with van der Waals surface area (Å²) in [5.41, 5.74) is 6.31. The smallest absolute Gasteiger partial charge is 0.300 e. The van der Waals surface area contributed by atoms with Gasteiger partial charge in [-0.15, -0.1) is 0 Å². The van der Waals surface area contributed by atoms with Crippen molar-refractivity contribution in [3.8, 4) is 11.5 Å². The van der Waals surface area contributed by atoms with Gasteiger partial charge in [0.25, 0.3) is 5.97 Å². The zero-order valence-corrected chi connectivity index (χ0v) is 10.0. The maximum Gasteiger partial charge on any atom is 0.300 e. The van der Waals surface area contributed by atoms with E-state index < -0.39 is 5.97 Å². The first-order chi connectivity index (χ1) is 8.58. The Balaban J connectivity index is 0.000000357. The maximum atomic E-state index is 9.00. The average molecular weight is 245 g/mol. The molecule has 2 rings (SSSR count). The molecule has 0 radical (unpaired) electrons. The van der Waals surface area contributed by atoms with Gasteiger partial charge in [0.05, 0.1) is 0 Å². The molecular formula is C14H15NO3. The van der Waals surface area contributed by atoms with E-state index in [0.29, 0.717) is 0 Å². The number of ether oxygens (including phenoxy) is 1. The Kier molecular flexibility index (Phi) is 5.25. The van der Waals surface area contributed by atoms with Crippen LogP contribution in [0, 0.1) is 0 Å². The number of carbonyl (C=O) groups is 1. The standard InChI is InChI=1S/C12H11NO.C2H4O2/c13-10-6-8-12(9-7-10)14-11-4-2-1-3-5-11;1-2(3)4/h1-9H,13H2;1H3,(H,3,4). The number of benzene rings is 2. The number of hydrogen-bond acceptors (Lipinski definition) is 3. The molecule has 0 heterocycles. The highest BCUT2D eigenvalue weighted by atomic mass is 16.5. The van der Waals surface area contributed by atoms with Gasteiger partial charge in [0.2, 0.25) is 0 Å². The summed E-state index contributed by atoms with van der Waals surface area (Å²) in [6.07, 6.45) is 0. The minimum absolute atomic E-state index is 0.741. The van der Waals surface area contributed by atoms with Crippen LogP contribution in [0.2, 0.25) is 0 Å². The summed E-state index contributed by atoms with van der Waals surface area (Å²) in [7, 11) is 0. The Morgan fingerprint density at radius 2 is 1.44 bits per heavy atom. The highest BCUT2D eigenvalue weighted by Gasteiger charge is 1.94. The van der Waals surface area contributed by atoms with Crippen LogP contribution < -0.4 is 10.5 Å². The molecule has 0 unspecified atom stereocenters. The van der Waals surface area contributed by atoms with Crippen molar-refractivity contribution in [3.63, 3.8) is 0 Å². The fraction of sp³-hybridized carbons (Fsp3) is 0.0714. The SMILES string of the molecule is CC(=O)O.Nc1ccc(Oc2ccccc2)cc1. The molecule has 0 aliphatic rings. The molecule has 0 fully saturated rings. The van der Waals surface area contributed by atoms with Crippen molar-refractivity contribution < 1.29 is 14.6 Å². The lowest BCUT2D eigenvalue weighted by atomic mass is 10.3. The van der Waals surface area contributed by atoms with Crippen molar-refractivity contribution in [2.75, 3.05) is 5.73 Å². The van der Waals surface area contributed by atoms with Crippen molar-refractivity contribution in [2.45, 2.75) is 6.92 Å². The summed E-state index contributed by atoms with van der Waals surface area (Å²) in [5, 5.41) is 7.42. The van der Waals surface area contributed by atoms with Crippen molar-refractivity contribution in [2.24, 2.45) is 0 Å². The molecule has 0 aromatic heterocycles. The molecule has 3 N–H and O–H groups in total. The molecule has 0 spiro atoms. The van der Waals surface area contributed by atoms with E-state index in [2.05, 4.69) is 0 Å².